The highest BCUT2D eigenvalue weighted by Crippen LogP contribution is 2.33. The Morgan fingerprint density at radius 1 is 1.15 bits per heavy atom. The average molecular weight is 355 g/mol. The van der Waals surface area contributed by atoms with Crippen LogP contribution in [-0.4, -0.2) is 37.5 Å². The van der Waals surface area contributed by atoms with Crippen molar-refractivity contribution in [1.82, 2.24) is 10.2 Å². The van der Waals surface area contributed by atoms with E-state index >= 15 is 0 Å². The minimum absolute atomic E-state index is 0.257. The second-order valence-electron chi connectivity index (χ2n) is 4.71. The van der Waals surface area contributed by atoms with Gasteiger partial charge in [0.05, 0.1) is 0 Å². The fourth-order valence-corrected chi connectivity index (χ4v) is 2.89. The Balaban J connectivity index is 2.35. The van der Waals surface area contributed by atoms with Gasteiger partial charge in [0.2, 0.25) is 6.43 Å². The lowest BCUT2D eigenvalue weighted by molar-refractivity contribution is 0.0710. The summed E-state index contributed by atoms with van der Waals surface area (Å²) in [5, 5.41) is 3.09. The van der Waals surface area contributed by atoms with E-state index in [-0.39, 0.29) is 10.0 Å². The van der Waals surface area contributed by atoms with Gasteiger partial charge in [-0.05, 0) is 12.1 Å². The number of nitrogens with one attached hydrogen (secondary N) is 1. The van der Waals surface area contributed by atoms with Gasteiger partial charge in [-0.25, -0.2) is 17.6 Å². The van der Waals surface area contributed by atoms with E-state index in [9.17, 15) is 17.6 Å². The van der Waals surface area contributed by atoms with Crippen LogP contribution in [0, 0.1) is 11.6 Å². The molecule has 2 rings (SSSR count). The van der Waals surface area contributed by atoms with E-state index in [0.717, 1.165) is 12.1 Å². The maximum Gasteiger partial charge on any atom is 0.240 e. The monoisotopic (exact) mass is 354 g/mol. The zero-order valence-corrected chi connectivity index (χ0v) is 12.3. The standard InChI is InChI=1S/C13H15BrF4N2/c14-8-5-9(15)13(10(16)6-8)11(7-12(17)18)20-3-1-19-2-4-20/h5-6,11-12,19H,1-4,7H2/t11-/m1/s1. The van der Waals surface area contributed by atoms with Gasteiger partial charge in [-0.2, -0.15) is 0 Å². The fourth-order valence-electron chi connectivity index (χ4n) is 2.48. The van der Waals surface area contributed by atoms with Crippen molar-refractivity contribution in [2.24, 2.45) is 0 Å². The van der Waals surface area contributed by atoms with Gasteiger partial charge in [-0.3, -0.25) is 4.90 Å². The Kier molecular flexibility index (Phi) is 5.40. The molecule has 1 aromatic rings. The van der Waals surface area contributed by atoms with Crippen LogP contribution in [0.2, 0.25) is 0 Å². The number of alkyl halides is 2. The van der Waals surface area contributed by atoms with Crippen molar-refractivity contribution < 1.29 is 17.6 Å². The molecule has 1 heterocycles. The highest BCUT2D eigenvalue weighted by atomic mass is 79.9. The molecule has 0 spiro atoms. The van der Waals surface area contributed by atoms with Crippen LogP contribution in [0.3, 0.4) is 0 Å². The van der Waals surface area contributed by atoms with Gasteiger partial charge in [-0.15, -0.1) is 0 Å². The SMILES string of the molecule is Fc1cc(Br)cc(F)c1[C@@H](CC(F)F)N1CCNCC1. The van der Waals surface area contributed by atoms with Crippen LogP contribution in [-0.2, 0) is 0 Å². The summed E-state index contributed by atoms with van der Waals surface area (Å²) in [6.45, 7) is 2.23. The predicted molar refractivity (Wildman–Crippen MR) is 71.9 cm³/mol. The average Bonchev–Trinajstić information content (AvgIpc) is 2.37. The molecule has 0 amide bonds. The highest BCUT2D eigenvalue weighted by Gasteiger charge is 2.30. The maximum absolute atomic E-state index is 14.0. The van der Waals surface area contributed by atoms with E-state index in [1.807, 2.05) is 0 Å². The maximum atomic E-state index is 14.0. The molecule has 112 valence electrons. The van der Waals surface area contributed by atoms with Gasteiger partial charge >= 0.3 is 0 Å². The number of piperazine rings is 1. The smallest absolute Gasteiger partial charge is 0.240 e. The molecule has 2 nitrogen and oxygen atoms in total. The summed E-state index contributed by atoms with van der Waals surface area (Å²) < 4.78 is 53.8. The molecular formula is C13H15BrF4N2. The third-order valence-corrected chi connectivity index (χ3v) is 3.83. The number of benzene rings is 1. The molecule has 1 aliphatic heterocycles. The van der Waals surface area contributed by atoms with E-state index in [2.05, 4.69) is 21.2 Å². The first-order chi connectivity index (χ1) is 9.49. The summed E-state index contributed by atoms with van der Waals surface area (Å²) in [4.78, 5) is 1.71. The van der Waals surface area contributed by atoms with Crippen molar-refractivity contribution >= 4 is 15.9 Å². The minimum atomic E-state index is -2.61. The lowest BCUT2D eigenvalue weighted by Gasteiger charge is -2.35. The molecule has 0 aliphatic carbocycles. The molecule has 0 saturated carbocycles. The number of halogens is 5. The Morgan fingerprint density at radius 2 is 1.70 bits per heavy atom. The summed E-state index contributed by atoms with van der Waals surface area (Å²) >= 11 is 2.99. The van der Waals surface area contributed by atoms with Gasteiger partial charge in [0.15, 0.2) is 0 Å². The second kappa shape index (κ2) is 6.87. The first-order valence-corrected chi connectivity index (χ1v) is 7.15. The topological polar surface area (TPSA) is 15.3 Å². The van der Waals surface area contributed by atoms with Crippen molar-refractivity contribution in [2.75, 3.05) is 26.2 Å². The van der Waals surface area contributed by atoms with Crippen LogP contribution >= 0.6 is 15.9 Å². The molecule has 1 aromatic carbocycles. The Labute approximate surface area is 123 Å². The molecular weight excluding hydrogens is 340 g/mol. The zero-order valence-electron chi connectivity index (χ0n) is 10.7. The first kappa shape index (κ1) is 15.7. The highest BCUT2D eigenvalue weighted by molar-refractivity contribution is 9.10. The summed E-state index contributed by atoms with van der Waals surface area (Å²) in [6, 6.07) is 1.28. The van der Waals surface area contributed by atoms with Gasteiger partial charge in [0.25, 0.3) is 0 Å². The van der Waals surface area contributed by atoms with Gasteiger partial charge in [0, 0.05) is 48.7 Å². The first-order valence-electron chi connectivity index (χ1n) is 6.36. The second-order valence-corrected chi connectivity index (χ2v) is 5.63. The Hall–Kier alpha value is -0.660. The molecule has 1 atom stereocenters. The normalized spacial score (nSPS) is 18.5. The zero-order chi connectivity index (χ0) is 14.7. The van der Waals surface area contributed by atoms with Crippen LogP contribution < -0.4 is 5.32 Å². The van der Waals surface area contributed by atoms with Crippen LogP contribution in [0.4, 0.5) is 17.6 Å². The lowest BCUT2D eigenvalue weighted by Crippen LogP contribution is -2.46. The molecule has 0 unspecified atom stereocenters. The number of hydrogen-bond donors (Lipinski definition) is 1. The lowest BCUT2D eigenvalue weighted by atomic mass is 10.00. The third kappa shape index (κ3) is 3.71. The Morgan fingerprint density at radius 3 is 2.20 bits per heavy atom. The van der Waals surface area contributed by atoms with E-state index in [0.29, 0.717) is 26.2 Å². The predicted octanol–water partition coefficient (Wildman–Crippen LogP) is 3.33. The summed E-state index contributed by atoms with van der Waals surface area (Å²) in [7, 11) is 0. The van der Waals surface area contributed by atoms with Crippen LogP contribution in [0.15, 0.2) is 16.6 Å². The molecule has 1 N–H and O–H groups in total. The largest absolute Gasteiger partial charge is 0.314 e. The minimum Gasteiger partial charge on any atom is -0.314 e. The number of rotatable bonds is 4. The van der Waals surface area contributed by atoms with Gasteiger partial charge in [0.1, 0.15) is 11.6 Å². The molecule has 1 fully saturated rings. The molecule has 0 radical (unpaired) electrons. The number of nitrogens with zero attached hydrogens (tertiary/aromatic N) is 1. The van der Waals surface area contributed by atoms with E-state index in [4.69, 9.17) is 0 Å². The molecule has 0 bridgehead atoms. The molecule has 20 heavy (non-hydrogen) atoms. The summed E-state index contributed by atoms with van der Waals surface area (Å²) in [5.41, 5.74) is -0.268. The van der Waals surface area contributed by atoms with Crippen molar-refractivity contribution in [3.8, 4) is 0 Å². The van der Waals surface area contributed by atoms with Gasteiger partial charge < -0.3 is 5.32 Å². The van der Waals surface area contributed by atoms with Crippen molar-refractivity contribution in [3.63, 3.8) is 0 Å². The van der Waals surface area contributed by atoms with E-state index < -0.39 is 30.5 Å². The molecule has 1 saturated heterocycles. The number of hydrogen-bond acceptors (Lipinski definition) is 2. The summed E-state index contributed by atoms with van der Waals surface area (Å²) in [6.07, 6.45) is -3.19. The molecule has 0 aromatic heterocycles. The van der Waals surface area contributed by atoms with E-state index in [1.165, 1.54) is 0 Å². The van der Waals surface area contributed by atoms with Crippen LogP contribution in [0.1, 0.15) is 18.0 Å². The summed E-state index contributed by atoms with van der Waals surface area (Å²) in [5.74, 6) is -1.58. The van der Waals surface area contributed by atoms with Crippen LogP contribution in [0.5, 0.6) is 0 Å². The van der Waals surface area contributed by atoms with Crippen molar-refractivity contribution in [2.45, 2.75) is 18.9 Å². The quantitative estimate of drug-likeness (QED) is 0.834. The molecule has 7 heteroatoms. The van der Waals surface area contributed by atoms with E-state index in [1.54, 1.807) is 4.90 Å². The van der Waals surface area contributed by atoms with Crippen LogP contribution in [0.25, 0.3) is 0 Å². The van der Waals surface area contributed by atoms with Crippen molar-refractivity contribution in [3.05, 3.63) is 33.8 Å². The molecule has 1 aliphatic rings. The third-order valence-electron chi connectivity index (χ3n) is 3.37. The van der Waals surface area contributed by atoms with Gasteiger partial charge in [-0.1, -0.05) is 15.9 Å². The fraction of sp³-hybridized carbons (Fsp3) is 0.538. The Bertz CT molecular complexity index is 441. The van der Waals surface area contributed by atoms with Crippen molar-refractivity contribution in [1.29, 1.82) is 0 Å².